The Morgan fingerprint density at radius 2 is 2.37 bits per heavy atom. The second-order valence-corrected chi connectivity index (χ2v) is 5.85. The predicted octanol–water partition coefficient (Wildman–Crippen LogP) is 0.415. The Kier molecular flexibility index (Phi) is 4.03. The molecule has 0 bridgehead atoms. The molecule has 1 atom stereocenters. The number of aliphatic hydroxyl groups excluding tert-OH is 1. The maximum Gasteiger partial charge on any atom is 0.259 e. The number of nitrogens with zero attached hydrogens (tertiary/aromatic N) is 2. The van der Waals surface area contributed by atoms with Crippen LogP contribution in [-0.4, -0.2) is 29.6 Å². The molecule has 8 heteroatoms. The lowest BCUT2D eigenvalue weighted by atomic mass is 10.1. The van der Waals surface area contributed by atoms with Gasteiger partial charge in [0.2, 0.25) is 0 Å². The van der Waals surface area contributed by atoms with Crippen LogP contribution in [0.3, 0.4) is 0 Å². The van der Waals surface area contributed by atoms with Crippen molar-refractivity contribution >= 4 is 10.0 Å². The van der Waals surface area contributed by atoms with Crippen molar-refractivity contribution in [1.82, 2.24) is 14.3 Å². The van der Waals surface area contributed by atoms with E-state index in [-0.39, 0.29) is 18.0 Å². The Labute approximate surface area is 110 Å². The van der Waals surface area contributed by atoms with E-state index in [0.717, 1.165) is 0 Å². The quantitative estimate of drug-likeness (QED) is 0.801. The van der Waals surface area contributed by atoms with Gasteiger partial charge >= 0.3 is 0 Å². The summed E-state index contributed by atoms with van der Waals surface area (Å²) in [4.78, 5) is 3.77. The van der Waals surface area contributed by atoms with Gasteiger partial charge < -0.3 is 14.1 Å². The number of hydrogen-bond donors (Lipinski definition) is 2. The molecule has 2 N–H and O–H groups in total. The van der Waals surface area contributed by atoms with E-state index < -0.39 is 16.1 Å². The van der Waals surface area contributed by atoms with Crippen molar-refractivity contribution in [3.05, 3.63) is 36.7 Å². The highest BCUT2D eigenvalue weighted by atomic mass is 32.2. The summed E-state index contributed by atoms with van der Waals surface area (Å²) in [7, 11) is -1.93. The van der Waals surface area contributed by atoms with Crippen molar-refractivity contribution in [1.29, 1.82) is 0 Å². The van der Waals surface area contributed by atoms with E-state index in [0.29, 0.717) is 5.56 Å². The maximum atomic E-state index is 11.8. The fraction of sp³-hybridized carbons (Fsp3) is 0.364. The van der Waals surface area contributed by atoms with E-state index in [9.17, 15) is 13.5 Å². The zero-order valence-electron chi connectivity index (χ0n) is 10.4. The lowest BCUT2D eigenvalue weighted by molar-refractivity contribution is 0.168. The molecule has 0 aromatic carbocycles. The Hall–Kier alpha value is -1.64. The molecule has 0 unspecified atom stereocenters. The highest BCUT2D eigenvalue weighted by molar-refractivity contribution is 7.89. The van der Waals surface area contributed by atoms with Gasteiger partial charge in [-0.1, -0.05) is 0 Å². The standard InChI is InChI=1S/C11H15N3O4S/c1-14-6-11(12-8-14)19(16,17)13-4-2-10(15)9-3-5-18-7-9/h3,5-8,10,13,15H,2,4H2,1H3/t10-/m1/s1. The molecule has 0 radical (unpaired) electrons. The number of aliphatic hydroxyl groups is 1. The van der Waals surface area contributed by atoms with E-state index in [2.05, 4.69) is 9.71 Å². The molecule has 0 aliphatic rings. The first-order chi connectivity index (χ1) is 8.99. The van der Waals surface area contributed by atoms with Crippen molar-refractivity contribution in [3.8, 4) is 0 Å². The zero-order chi connectivity index (χ0) is 13.9. The van der Waals surface area contributed by atoms with Crippen LogP contribution in [-0.2, 0) is 17.1 Å². The first-order valence-electron chi connectivity index (χ1n) is 5.67. The van der Waals surface area contributed by atoms with Gasteiger partial charge in [-0.15, -0.1) is 0 Å². The molecule has 2 aromatic rings. The van der Waals surface area contributed by atoms with E-state index in [4.69, 9.17) is 4.42 Å². The smallest absolute Gasteiger partial charge is 0.259 e. The SMILES string of the molecule is Cn1cnc(S(=O)(=O)NCC[C@@H](O)c2ccoc2)c1. The Balaban J connectivity index is 1.89. The van der Waals surface area contributed by atoms with Gasteiger partial charge in [-0.05, 0) is 12.5 Å². The summed E-state index contributed by atoms with van der Waals surface area (Å²) in [5.41, 5.74) is 0.622. The zero-order valence-corrected chi connectivity index (χ0v) is 11.2. The fourth-order valence-corrected chi connectivity index (χ4v) is 2.59. The molecular formula is C11H15N3O4S. The van der Waals surface area contributed by atoms with Crippen LogP contribution in [0, 0.1) is 0 Å². The molecule has 104 valence electrons. The fourth-order valence-electron chi connectivity index (χ4n) is 1.56. The Morgan fingerprint density at radius 1 is 1.58 bits per heavy atom. The number of rotatable bonds is 6. The van der Waals surface area contributed by atoms with E-state index in [1.54, 1.807) is 17.7 Å². The molecule has 0 fully saturated rings. The lowest BCUT2D eigenvalue weighted by Gasteiger charge is -2.08. The predicted molar refractivity (Wildman–Crippen MR) is 66.7 cm³/mol. The number of aryl methyl sites for hydroxylation is 1. The Bertz CT molecular complexity index is 618. The number of nitrogens with one attached hydrogen (secondary N) is 1. The van der Waals surface area contributed by atoms with Crippen LogP contribution in [0.2, 0.25) is 0 Å². The molecule has 0 aliphatic heterocycles. The van der Waals surface area contributed by atoms with Crippen LogP contribution < -0.4 is 4.72 Å². The minimum atomic E-state index is -3.62. The summed E-state index contributed by atoms with van der Waals surface area (Å²) >= 11 is 0. The van der Waals surface area contributed by atoms with Crippen molar-refractivity contribution in [2.75, 3.05) is 6.54 Å². The maximum absolute atomic E-state index is 11.8. The van der Waals surface area contributed by atoms with Gasteiger partial charge in [0.1, 0.15) is 0 Å². The highest BCUT2D eigenvalue weighted by Gasteiger charge is 2.17. The molecule has 0 amide bonds. The number of aromatic nitrogens is 2. The Morgan fingerprint density at radius 3 is 2.95 bits per heavy atom. The molecule has 7 nitrogen and oxygen atoms in total. The van der Waals surface area contributed by atoms with Crippen LogP contribution >= 0.6 is 0 Å². The van der Waals surface area contributed by atoms with Gasteiger partial charge in [0, 0.05) is 25.4 Å². The van der Waals surface area contributed by atoms with Gasteiger partial charge in [-0.25, -0.2) is 18.1 Å². The molecule has 0 saturated heterocycles. The third-order valence-electron chi connectivity index (χ3n) is 2.59. The molecule has 0 spiro atoms. The molecular weight excluding hydrogens is 270 g/mol. The molecule has 19 heavy (non-hydrogen) atoms. The van der Waals surface area contributed by atoms with Crippen molar-refractivity contribution < 1.29 is 17.9 Å². The molecule has 2 aromatic heterocycles. The van der Waals surface area contributed by atoms with E-state index in [1.165, 1.54) is 25.1 Å². The van der Waals surface area contributed by atoms with Crippen LogP contribution in [0.5, 0.6) is 0 Å². The second kappa shape index (κ2) is 5.55. The van der Waals surface area contributed by atoms with Crippen molar-refractivity contribution in [2.45, 2.75) is 17.6 Å². The first-order valence-corrected chi connectivity index (χ1v) is 7.15. The van der Waals surface area contributed by atoms with Gasteiger partial charge in [0.25, 0.3) is 10.0 Å². The number of sulfonamides is 1. The third-order valence-corrected chi connectivity index (χ3v) is 3.94. The third kappa shape index (κ3) is 3.43. The first kappa shape index (κ1) is 13.8. The summed E-state index contributed by atoms with van der Waals surface area (Å²) in [5.74, 6) is 0. The van der Waals surface area contributed by atoms with Gasteiger partial charge in [0.05, 0.1) is 25.0 Å². The van der Waals surface area contributed by atoms with Crippen LogP contribution in [0.1, 0.15) is 18.1 Å². The summed E-state index contributed by atoms with van der Waals surface area (Å²) < 4.78 is 32.4. The minimum Gasteiger partial charge on any atom is -0.472 e. The second-order valence-electron chi connectivity index (χ2n) is 4.14. The van der Waals surface area contributed by atoms with Crippen LogP contribution in [0.15, 0.2) is 40.6 Å². The van der Waals surface area contributed by atoms with Gasteiger partial charge in [-0.3, -0.25) is 0 Å². The summed E-state index contributed by atoms with van der Waals surface area (Å²) in [6.07, 6.45) is 5.20. The minimum absolute atomic E-state index is 0.0344. The normalized spacial score (nSPS) is 13.6. The average Bonchev–Trinajstić information content (AvgIpc) is 2.99. The molecule has 2 heterocycles. The van der Waals surface area contributed by atoms with E-state index >= 15 is 0 Å². The van der Waals surface area contributed by atoms with Crippen LogP contribution in [0.4, 0.5) is 0 Å². The summed E-state index contributed by atoms with van der Waals surface area (Å²) in [6, 6.07) is 1.64. The molecule has 2 rings (SSSR count). The highest BCUT2D eigenvalue weighted by Crippen LogP contribution is 2.16. The number of hydrogen-bond acceptors (Lipinski definition) is 5. The number of furan rings is 1. The summed E-state index contributed by atoms with van der Waals surface area (Å²) in [5, 5.41) is 9.73. The van der Waals surface area contributed by atoms with Gasteiger partial charge in [0.15, 0.2) is 5.03 Å². The lowest BCUT2D eigenvalue weighted by Crippen LogP contribution is -2.26. The largest absolute Gasteiger partial charge is 0.472 e. The van der Waals surface area contributed by atoms with Crippen molar-refractivity contribution in [2.24, 2.45) is 7.05 Å². The van der Waals surface area contributed by atoms with E-state index in [1.807, 2.05) is 0 Å². The summed E-state index contributed by atoms with van der Waals surface area (Å²) in [6.45, 7) is 0.116. The number of imidazole rings is 1. The molecule has 0 aliphatic carbocycles. The topological polar surface area (TPSA) is 97.4 Å². The average molecular weight is 285 g/mol. The molecule has 0 saturated carbocycles. The van der Waals surface area contributed by atoms with Crippen LogP contribution in [0.25, 0.3) is 0 Å². The monoisotopic (exact) mass is 285 g/mol. The van der Waals surface area contributed by atoms with Crippen molar-refractivity contribution in [3.63, 3.8) is 0 Å². The van der Waals surface area contributed by atoms with Gasteiger partial charge in [-0.2, -0.15) is 0 Å².